The van der Waals surface area contributed by atoms with Crippen molar-refractivity contribution in [3.05, 3.63) is 59.3 Å². The van der Waals surface area contributed by atoms with E-state index in [1.807, 2.05) is 41.4 Å². The number of fused-ring (bicyclic) bond motifs is 1. The van der Waals surface area contributed by atoms with Crippen molar-refractivity contribution in [3.8, 4) is 0 Å². The average Bonchev–Trinajstić information content (AvgIpc) is 3.27. The van der Waals surface area contributed by atoms with E-state index >= 15 is 0 Å². The van der Waals surface area contributed by atoms with Gasteiger partial charge in [0.25, 0.3) is 0 Å². The second-order valence-electron chi connectivity index (χ2n) is 7.88. The zero-order valence-corrected chi connectivity index (χ0v) is 16.9. The van der Waals surface area contributed by atoms with Crippen LogP contribution in [0.25, 0.3) is 0 Å². The van der Waals surface area contributed by atoms with Crippen molar-refractivity contribution < 1.29 is 9.59 Å². The summed E-state index contributed by atoms with van der Waals surface area (Å²) in [6.45, 7) is 4.82. The lowest BCUT2D eigenvalue weighted by Crippen LogP contribution is -2.41. The summed E-state index contributed by atoms with van der Waals surface area (Å²) in [5.74, 6) is 0.967. The van der Waals surface area contributed by atoms with Gasteiger partial charge in [0.2, 0.25) is 11.8 Å². The minimum absolute atomic E-state index is 0.0130. The Bertz CT molecular complexity index is 875. The summed E-state index contributed by atoms with van der Waals surface area (Å²) < 4.78 is 0. The normalized spacial score (nSPS) is 18.4. The van der Waals surface area contributed by atoms with Gasteiger partial charge in [-0.3, -0.25) is 9.59 Å². The molecule has 6 nitrogen and oxygen atoms in total. The highest BCUT2D eigenvalue weighted by Crippen LogP contribution is 2.32. The van der Waals surface area contributed by atoms with Crippen LogP contribution in [0, 0.1) is 0 Å². The van der Waals surface area contributed by atoms with Gasteiger partial charge in [-0.2, -0.15) is 0 Å². The van der Waals surface area contributed by atoms with Gasteiger partial charge in [-0.25, -0.2) is 4.98 Å². The molecule has 0 aliphatic carbocycles. The first-order chi connectivity index (χ1) is 14.1. The minimum atomic E-state index is -0.201. The smallest absolute Gasteiger partial charge is 0.222 e. The summed E-state index contributed by atoms with van der Waals surface area (Å²) in [5, 5.41) is 3.00. The number of carbonyl (C=O) groups is 2. The lowest BCUT2D eigenvalue weighted by molar-refractivity contribution is -0.133. The van der Waals surface area contributed by atoms with Gasteiger partial charge in [0.15, 0.2) is 0 Å². The fraction of sp³-hybridized carbons (Fsp3) is 0.435. The largest absolute Gasteiger partial charge is 0.357 e. The predicted molar refractivity (Wildman–Crippen MR) is 112 cm³/mol. The fourth-order valence-corrected chi connectivity index (χ4v) is 4.35. The first-order valence-electron chi connectivity index (χ1n) is 10.4. The molecular formula is C23H28N4O2. The molecule has 3 heterocycles. The quantitative estimate of drug-likeness (QED) is 0.850. The monoisotopic (exact) mass is 392 g/mol. The van der Waals surface area contributed by atoms with E-state index in [2.05, 4.69) is 21.3 Å². The molecule has 1 aromatic carbocycles. The van der Waals surface area contributed by atoms with Crippen LogP contribution in [0.1, 0.15) is 48.9 Å². The topological polar surface area (TPSA) is 65.5 Å². The van der Waals surface area contributed by atoms with Crippen LogP contribution in [0.3, 0.4) is 0 Å². The Labute approximate surface area is 171 Å². The van der Waals surface area contributed by atoms with E-state index in [0.29, 0.717) is 13.1 Å². The lowest BCUT2D eigenvalue weighted by atomic mass is 9.90. The van der Waals surface area contributed by atoms with Crippen molar-refractivity contribution in [3.63, 3.8) is 0 Å². The van der Waals surface area contributed by atoms with Crippen LogP contribution in [0.15, 0.2) is 42.6 Å². The summed E-state index contributed by atoms with van der Waals surface area (Å²) in [6.07, 6.45) is 5.40. The molecule has 2 aliphatic heterocycles. The van der Waals surface area contributed by atoms with Gasteiger partial charge in [0.1, 0.15) is 5.82 Å². The third-order valence-corrected chi connectivity index (χ3v) is 5.92. The number of rotatable bonds is 5. The van der Waals surface area contributed by atoms with Crippen molar-refractivity contribution in [2.45, 2.75) is 45.2 Å². The summed E-state index contributed by atoms with van der Waals surface area (Å²) in [7, 11) is 0. The third kappa shape index (κ3) is 4.42. The van der Waals surface area contributed by atoms with E-state index in [1.54, 1.807) is 6.92 Å². The second-order valence-corrected chi connectivity index (χ2v) is 7.88. The number of pyridine rings is 1. The number of benzene rings is 1. The Morgan fingerprint density at radius 1 is 1.10 bits per heavy atom. The van der Waals surface area contributed by atoms with Gasteiger partial charge in [-0.1, -0.05) is 30.3 Å². The van der Waals surface area contributed by atoms with E-state index in [1.165, 1.54) is 18.4 Å². The molecule has 1 saturated heterocycles. The van der Waals surface area contributed by atoms with E-state index in [-0.39, 0.29) is 24.3 Å². The van der Waals surface area contributed by atoms with Gasteiger partial charge in [0, 0.05) is 39.3 Å². The van der Waals surface area contributed by atoms with Gasteiger partial charge in [-0.05, 0) is 42.0 Å². The number of amides is 2. The molecule has 2 aliphatic rings. The average molecular weight is 393 g/mol. The summed E-state index contributed by atoms with van der Waals surface area (Å²) in [4.78, 5) is 33.4. The molecule has 152 valence electrons. The SMILES string of the molecule is CC(=O)N1CCc2ccccc2C1CC(=O)NCc1ccc(N2CCCC2)nc1. The molecule has 0 radical (unpaired) electrons. The maximum absolute atomic E-state index is 12.7. The van der Waals surface area contributed by atoms with Crippen LogP contribution in [0.4, 0.5) is 5.82 Å². The highest BCUT2D eigenvalue weighted by atomic mass is 16.2. The maximum atomic E-state index is 12.7. The standard InChI is InChI=1S/C23H28N4O2/c1-17(28)27-13-10-19-6-2-3-7-20(19)21(27)14-23(29)25-16-18-8-9-22(24-15-18)26-11-4-5-12-26/h2-3,6-9,15,21H,4-5,10-14,16H2,1H3,(H,25,29). The van der Waals surface area contributed by atoms with Crippen molar-refractivity contribution in [1.29, 1.82) is 0 Å². The summed E-state index contributed by atoms with van der Waals surface area (Å²) in [5.41, 5.74) is 3.29. The summed E-state index contributed by atoms with van der Waals surface area (Å²) >= 11 is 0. The van der Waals surface area contributed by atoms with Crippen LogP contribution in [-0.2, 0) is 22.6 Å². The maximum Gasteiger partial charge on any atom is 0.222 e. The van der Waals surface area contributed by atoms with Crippen LogP contribution in [0.5, 0.6) is 0 Å². The minimum Gasteiger partial charge on any atom is -0.357 e. The molecule has 1 fully saturated rings. The molecule has 1 N–H and O–H groups in total. The van der Waals surface area contributed by atoms with E-state index in [9.17, 15) is 9.59 Å². The molecule has 2 aromatic rings. The number of nitrogens with zero attached hydrogens (tertiary/aromatic N) is 3. The molecule has 1 aromatic heterocycles. The van der Waals surface area contributed by atoms with Crippen LogP contribution in [0.2, 0.25) is 0 Å². The molecule has 4 rings (SSSR count). The number of hydrogen-bond acceptors (Lipinski definition) is 4. The van der Waals surface area contributed by atoms with E-state index < -0.39 is 0 Å². The molecule has 0 saturated carbocycles. The Kier molecular flexibility index (Phi) is 5.79. The van der Waals surface area contributed by atoms with Gasteiger partial charge >= 0.3 is 0 Å². The molecule has 6 heteroatoms. The van der Waals surface area contributed by atoms with Crippen molar-refractivity contribution in [2.24, 2.45) is 0 Å². The molecule has 0 bridgehead atoms. The van der Waals surface area contributed by atoms with Crippen LogP contribution < -0.4 is 10.2 Å². The van der Waals surface area contributed by atoms with Crippen LogP contribution in [-0.4, -0.2) is 41.3 Å². The first-order valence-corrected chi connectivity index (χ1v) is 10.4. The Morgan fingerprint density at radius 3 is 2.62 bits per heavy atom. The van der Waals surface area contributed by atoms with E-state index in [4.69, 9.17) is 0 Å². The Hall–Kier alpha value is -2.89. The lowest BCUT2D eigenvalue weighted by Gasteiger charge is -2.36. The number of aromatic nitrogens is 1. The first kappa shape index (κ1) is 19.4. The highest BCUT2D eigenvalue weighted by molar-refractivity contribution is 5.79. The number of carbonyl (C=O) groups excluding carboxylic acids is 2. The predicted octanol–water partition coefficient (Wildman–Crippen LogP) is 2.83. The highest BCUT2D eigenvalue weighted by Gasteiger charge is 2.30. The van der Waals surface area contributed by atoms with E-state index in [0.717, 1.165) is 36.5 Å². The molecule has 2 amide bonds. The summed E-state index contributed by atoms with van der Waals surface area (Å²) in [6, 6.07) is 12.0. The van der Waals surface area contributed by atoms with Gasteiger partial charge in [0.05, 0.1) is 12.5 Å². The molecular weight excluding hydrogens is 364 g/mol. The van der Waals surface area contributed by atoms with Crippen LogP contribution >= 0.6 is 0 Å². The van der Waals surface area contributed by atoms with Crippen molar-refractivity contribution >= 4 is 17.6 Å². The molecule has 1 atom stereocenters. The second kappa shape index (κ2) is 8.64. The Balaban J connectivity index is 1.38. The fourth-order valence-electron chi connectivity index (χ4n) is 4.35. The molecule has 29 heavy (non-hydrogen) atoms. The zero-order valence-electron chi connectivity index (χ0n) is 16.9. The molecule has 1 unspecified atom stereocenters. The third-order valence-electron chi connectivity index (χ3n) is 5.92. The molecule has 0 spiro atoms. The Morgan fingerprint density at radius 2 is 1.90 bits per heavy atom. The van der Waals surface area contributed by atoms with Gasteiger partial charge < -0.3 is 15.1 Å². The van der Waals surface area contributed by atoms with Crippen molar-refractivity contribution in [2.75, 3.05) is 24.5 Å². The van der Waals surface area contributed by atoms with Gasteiger partial charge in [-0.15, -0.1) is 0 Å². The van der Waals surface area contributed by atoms with Crippen molar-refractivity contribution in [1.82, 2.24) is 15.2 Å². The number of anilines is 1. The number of hydrogen-bond donors (Lipinski definition) is 1. The zero-order chi connectivity index (χ0) is 20.2. The number of nitrogens with one attached hydrogen (secondary N) is 1.